The first kappa shape index (κ1) is 18.9. The van der Waals surface area contributed by atoms with Gasteiger partial charge in [-0.3, -0.25) is 14.9 Å². The number of non-ortho nitro benzene ring substituents is 1. The van der Waals surface area contributed by atoms with Gasteiger partial charge in [-0.2, -0.15) is 0 Å². The average molecular weight is 406 g/mol. The van der Waals surface area contributed by atoms with E-state index in [0.29, 0.717) is 17.0 Å². The Kier molecular flexibility index (Phi) is 5.78. The maximum atomic E-state index is 13.3. The monoisotopic (exact) mass is 405 g/mol. The molecule has 0 atom stereocenters. The summed E-state index contributed by atoms with van der Waals surface area (Å²) in [6.07, 6.45) is 0.462. The summed E-state index contributed by atoms with van der Waals surface area (Å²) in [7, 11) is 0. The number of nitro benzene ring substituents is 1. The fraction of sp³-hybridized carbons (Fsp3) is 0.111. The molecule has 2 aromatic carbocycles. The van der Waals surface area contributed by atoms with Crippen LogP contribution in [0.5, 0.6) is 0 Å². The number of carbonyl (C=O) groups is 1. The van der Waals surface area contributed by atoms with E-state index < -0.39 is 10.8 Å². The van der Waals surface area contributed by atoms with E-state index >= 15 is 0 Å². The number of rotatable bonds is 6. The second-order valence-corrected chi connectivity index (χ2v) is 6.85. The fourth-order valence-electron chi connectivity index (χ4n) is 2.38. The third kappa shape index (κ3) is 4.66. The number of nitro groups is 1. The summed E-state index contributed by atoms with van der Waals surface area (Å²) in [5.74, 6) is -0.824. The zero-order valence-electron chi connectivity index (χ0n) is 13.8. The quantitative estimate of drug-likeness (QED) is 0.484. The van der Waals surface area contributed by atoms with Crippen molar-refractivity contribution in [3.05, 3.63) is 80.1 Å². The number of nitrogens with one attached hydrogen (secondary N) is 1. The summed E-state index contributed by atoms with van der Waals surface area (Å²) >= 11 is 7.34. The minimum atomic E-state index is -0.587. The number of halogens is 2. The van der Waals surface area contributed by atoms with E-state index in [4.69, 9.17) is 11.6 Å². The molecule has 0 bridgehead atoms. The van der Waals surface area contributed by atoms with Crippen molar-refractivity contribution in [3.8, 4) is 10.6 Å². The van der Waals surface area contributed by atoms with Crippen LogP contribution in [0, 0.1) is 15.9 Å². The lowest BCUT2D eigenvalue weighted by atomic mass is 10.2. The first-order chi connectivity index (χ1) is 12.9. The van der Waals surface area contributed by atoms with Gasteiger partial charge in [0.2, 0.25) is 0 Å². The highest BCUT2D eigenvalue weighted by Gasteiger charge is 2.15. The van der Waals surface area contributed by atoms with Crippen molar-refractivity contribution in [2.24, 2.45) is 0 Å². The van der Waals surface area contributed by atoms with Crippen LogP contribution in [0.15, 0.2) is 47.8 Å². The molecular weight excluding hydrogens is 393 g/mol. The molecule has 138 valence electrons. The summed E-state index contributed by atoms with van der Waals surface area (Å²) in [6, 6.07) is 9.87. The molecule has 3 aromatic rings. The summed E-state index contributed by atoms with van der Waals surface area (Å²) in [5.41, 5.74) is 1.29. The van der Waals surface area contributed by atoms with Crippen molar-refractivity contribution in [2.45, 2.75) is 6.42 Å². The maximum Gasteiger partial charge on any atom is 0.270 e. The number of thiazole rings is 1. The molecule has 0 saturated carbocycles. The minimum absolute atomic E-state index is 0.0459. The van der Waals surface area contributed by atoms with Crippen LogP contribution in [0.1, 0.15) is 16.1 Å². The molecule has 0 spiro atoms. The third-order valence-corrected chi connectivity index (χ3v) is 4.97. The van der Waals surface area contributed by atoms with Crippen molar-refractivity contribution >= 4 is 34.5 Å². The zero-order chi connectivity index (χ0) is 19.4. The lowest BCUT2D eigenvalue weighted by molar-refractivity contribution is -0.384. The van der Waals surface area contributed by atoms with E-state index in [1.54, 1.807) is 12.1 Å². The van der Waals surface area contributed by atoms with Gasteiger partial charge in [-0.1, -0.05) is 23.7 Å². The largest absolute Gasteiger partial charge is 0.352 e. The smallest absolute Gasteiger partial charge is 0.270 e. The Labute approximate surface area is 162 Å². The van der Waals surface area contributed by atoms with Gasteiger partial charge in [0.1, 0.15) is 10.8 Å². The van der Waals surface area contributed by atoms with Crippen LogP contribution < -0.4 is 5.32 Å². The van der Waals surface area contributed by atoms with Crippen molar-refractivity contribution in [2.75, 3.05) is 6.54 Å². The van der Waals surface area contributed by atoms with Crippen LogP contribution >= 0.6 is 22.9 Å². The molecular formula is C18H13ClFN3O3S. The molecule has 0 saturated heterocycles. The molecule has 1 amide bonds. The summed E-state index contributed by atoms with van der Waals surface area (Å²) in [5, 5.41) is 16.2. The van der Waals surface area contributed by atoms with Gasteiger partial charge in [0, 0.05) is 36.0 Å². The Balaban J connectivity index is 1.61. The topological polar surface area (TPSA) is 85.1 Å². The first-order valence-corrected chi connectivity index (χ1v) is 9.12. The molecule has 6 nitrogen and oxygen atoms in total. The number of hydrogen-bond donors (Lipinski definition) is 1. The molecule has 0 unspecified atom stereocenters. The van der Waals surface area contributed by atoms with Crippen molar-refractivity contribution in [1.82, 2.24) is 10.3 Å². The standard InChI is InChI=1S/C18H13ClFN3O3S/c19-16-5-4-14(23(25)26)9-15(16)17(24)21-7-6-13-10-27-18(22-13)11-2-1-3-12(20)8-11/h1-5,8-10H,6-7H2,(H,21,24). The van der Waals surface area contributed by atoms with Crippen LogP contribution in [0.3, 0.4) is 0 Å². The van der Waals surface area contributed by atoms with Crippen LogP contribution in [0.25, 0.3) is 10.6 Å². The van der Waals surface area contributed by atoms with Crippen molar-refractivity contribution in [3.63, 3.8) is 0 Å². The molecule has 0 aliphatic carbocycles. The summed E-state index contributed by atoms with van der Waals surface area (Å²) in [6.45, 7) is 0.282. The van der Waals surface area contributed by atoms with Crippen LogP contribution in [0.4, 0.5) is 10.1 Å². The van der Waals surface area contributed by atoms with Gasteiger partial charge in [-0.05, 0) is 18.2 Å². The Hall–Kier alpha value is -2.84. The summed E-state index contributed by atoms with van der Waals surface area (Å²) < 4.78 is 13.3. The predicted molar refractivity (Wildman–Crippen MR) is 102 cm³/mol. The third-order valence-electron chi connectivity index (χ3n) is 3.70. The Morgan fingerprint density at radius 1 is 1.30 bits per heavy atom. The number of nitrogens with zero attached hydrogens (tertiary/aromatic N) is 2. The zero-order valence-corrected chi connectivity index (χ0v) is 15.4. The van der Waals surface area contributed by atoms with Gasteiger partial charge in [0.05, 0.1) is 21.2 Å². The molecule has 0 fully saturated rings. The van der Waals surface area contributed by atoms with Gasteiger partial charge in [-0.15, -0.1) is 11.3 Å². The van der Waals surface area contributed by atoms with E-state index in [-0.39, 0.29) is 28.6 Å². The van der Waals surface area contributed by atoms with Crippen molar-refractivity contribution in [1.29, 1.82) is 0 Å². The van der Waals surface area contributed by atoms with E-state index in [9.17, 15) is 19.3 Å². The second kappa shape index (κ2) is 8.24. The van der Waals surface area contributed by atoms with Gasteiger partial charge in [-0.25, -0.2) is 9.37 Å². The Morgan fingerprint density at radius 2 is 2.11 bits per heavy atom. The fourth-order valence-corrected chi connectivity index (χ4v) is 3.43. The molecule has 1 heterocycles. The number of carbonyl (C=O) groups excluding carboxylic acids is 1. The van der Waals surface area contributed by atoms with Crippen LogP contribution in [-0.2, 0) is 6.42 Å². The highest BCUT2D eigenvalue weighted by Crippen LogP contribution is 2.24. The second-order valence-electron chi connectivity index (χ2n) is 5.58. The van der Waals surface area contributed by atoms with E-state index in [2.05, 4.69) is 10.3 Å². The summed E-state index contributed by atoms with van der Waals surface area (Å²) in [4.78, 5) is 26.9. The molecule has 3 rings (SSSR count). The molecule has 0 radical (unpaired) electrons. The molecule has 1 N–H and O–H groups in total. The average Bonchev–Trinajstić information content (AvgIpc) is 3.10. The normalized spacial score (nSPS) is 10.6. The highest BCUT2D eigenvalue weighted by atomic mass is 35.5. The molecule has 9 heteroatoms. The van der Waals surface area contributed by atoms with Crippen LogP contribution in [-0.4, -0.2) is 22.4 Å². The molecule has 1 aromatic heterocycles. The Bertz CT molecular complexity index is 1010. The lowest BCUT2D eigenvalue weighted by Crippen LogP contribution is -2.26. The highest BCUT2D eigenvalue weighted by molar-refractivity contribution is 7.13. The molecule has 0 aliphatic rings. The maximum absolute atomic E-state index is 13.3. The first-order valence-electron chi connectivity index (χ1n) is 7.86. The van der Waals surface area contributed by atoms with Crippen molar-refractivity contribution < 1.29 is 14.1 Å². The molecule has 0 aliphatic heterocycles. The van der Waals surface area contributed by atoms with E-state index in [1.165, 1.54) is 35.6 Å². The van der Waals surface area contributed by atoms with Crippen LogP contribution in [0.2, 0.25) is 5.02 Å². The lowest BCUT2D eigenvalue weighted by Gasteiger charge is -2.06. The van der Waals surface area contributed by atoms with E-state index in [0.717, 1.165) is 11.8 Å². The number of aromatic nitrogens is 1. The number of hydrogen-bond acceptors (Lipinski definition) is 5. The van der Waals surface area contributed by atoms with Gasteiger partial charge in [0.15, 0.2) is 0 Å². The predicted octanol–water partition coefficient (Wildman–Crippen LogP) is 4.48. The number of amides is 1. The van der Waals surface area contributed by atoms with Gasteiger partial charge < -0.3 is 5.32 Å². The van der Waals surface area contributed by atoms with E-state index in [1.807, 2.05) is 5.38 Å². The minimum Gasteiger partial charge on any atom is -0.352 e. The molecule has 27 heavy (non-hydrogen) atoms. The van der Waals surface area contributed by atoms with Gasteiger partial charge in [0.25, 0.3) is 11.6 Å². The SMILES string of the molecule is O=C(NCCc1csc(-c2cccc(F)c2)n1)c1cc([N+](=O)[O-])ccc1Cl. The Morgan fingerprint density at radius 3 is 2.85 bits per heavy atom. The number of benzene rings is 2. The van der Waals surface area contributed by atoms with Gasteiger partial charge >= 0.3 is 0 Å².